The van der Waals surface area contributed by atoms with Crippen LogP contribution in [0.2, 0.25) is 0 Å². The van der Waals surface area contributed by atoms with Gasteiger partial charge in [0.15, 0.2) is 0 Å². The van der Waals surface area contributed by atoms with Gasteiger partial charge in [-0.3, -0.25) is 0 Å². The highest BCUT2D eigenvalue weighted by Gasteiger charge is 2.07. The maximum absolute atomic E-state index is 13.4. The molecular weight excluding hydrogens is 321 g/mol. The summed E-state index contributed by atoms with van der Waals surface area (Å²) in [6.07, 6.45) is 0. The molecule has 0 aliphatic rings. The summed E-state index contributed by atoms with van der Waals surface area (Å²) in [6, 6.07) is 13.3. The number of halogens is 2. The molecular formula is C16H17BrFNO. The molecule has 2 aromatic carbocycles. The molecule has 0 amide bonds. The van der Waals surface area contributed by atoms with E-state index in [4.69, 9.17) is 4.74 Å². The standard InChI is InChI=1S/C16H17BrFNO/c1-11(13-4-3-5-14(9-13)20-2)19-10-12-6-7-15(17)16(18)8-12/h3-9,11,19H,10H2,1-2H3. The van der Waals surface area contributed by atoms with E-state index in [0.717, 1.165) is 16.9 Å². The predicted molar refractivity (Wildman–Crippen MR) is 82.3 cm³/mol. The van der Waals surface area contributed by atoms with Crippen molar-refractivity contribution in [2.75, 3.05) is 7.11 Å². The first-order valence-corrected chi connectivity index (χ1v) is 7.20. The van der Waals surface area contributed by atoms with Gasteiger partial charge in [0, 0.05) is 12.6 Å². The summed E-state index contributed by atoms with van der Waals surface area (Å²) in [4.78, 5) is 0. The van der Waals surface area contributed by atoms with Crippen molar-refractivity contribution < 1.29 is 9.13 Å². The third-order valence-corrected chi connectivity index (χ3v) is 3.83. The van der Waals surface area contributed by atoms with E-state index in [1.807, 2.05) is 30.3 Å². The van der Waals surface area contributed by atoms with Crippen LogP contribution in [0, 0.1) is 5.82 Å². The van der Waals surface area contributed by atoms with E-state index in [0.29, 0.717) is 11.0 Å². The van der Waals surface area contributed by atoms with Gasteiger partial charge >= 0.3 is 0 Å². The van der Waals surface area contributed by atoms with E-state index in [9.17, 15) is 4.39 Å². The molecule has 0 saturated heterocycles. The molecule has 20 heavy (non-hydrogen) atoms. The van der Waals surface area contributed by atoms with E-state index in [1.54, 1.807) is 13.2 Å². The molecule has 1 atom stereocenters. The second kappa shape index (κ2) is 6.86. The van der Waals surface area contributed by atoms with Crippen LogP contribution in [0.25, 0.3) is 0 Å². The summed E-state index contributed by atoms with van der Waals surface area (Å²) in [6.45, 7) is 2.69. The van der Waals surface area contributed by atoms with E-state index in [1.165, 1.54) is 6.07 Å². The highest BCUT2D eigenvalue weighted by Crippen LogP contribution is 2.20. The monoisotopic (exact) mass is 337 g/mol. The minimum atomic E-state index is -0.238. The van der Waals surface area contributed by atoms with Crippen molar-refractivity contribution >= 4 is 15.9 Å². The first-order valence-electron chi connectivity index (χ1n) is 6.41. The van der Waals surface area contributed by atoms with Crippen LogP contribution >= 0.6 is 15.9 Å². The van der Waals surface area contributed by atoms with Crippen LogP contribution in [0.1, 0.15) is 24.1 Å². The number of ether oxygens (including phenoxy) is 1. The van der Waals surface area contributed by atoms with Crippen LogP contribution in [0.15, 0.2) is 46.9 Å². The van der Waals surface area contributed by atoms with Crippen molar-refractivity contribution in [2.45, 2.75) is 19.5 Å². The van der Waals surface area contributed by atoms with Gasteiger partial charge in [-0.25, -0.2) is 4.39 Å². The Morgan fingerprint density at radius 3 is 2.75 bits per heavy atom. The summed E-state index contributed by atoms with van der Waals surface area (Å²) in [7, 11) is 1.65. The number of hydrogen-bond acceptors (Lipinski definition) is 2. The van der Waals surface area contributed by atoms with Crippen LogP contribution in [0.5, 0.6) is 5.75 Å². The Morgan fingerprint density at radius 1 is 1.25 bits per heavy atom. The van der Waals surface area contributed by atoms with Gasteiger partial charge in [-0.15, -0.1) is 0 Å². The molecule has 1 N–H and O–H groups in total. The summed E-state index contributed by atoms with van der Waals surface area (Å²) < 4.78 is 19.1. The maximum atomic E-state index is 13.4. The Balaban J connectivity index is 2.00. The Labute approximate surface area is 127 Å². The summed E-state index contributed by atoms with van der Waals surface area (Å²) in [5, 5.41) is 3.38. The van der Waals surface area contributed by atoms with Crippen molar-refractivity contribution in [2.24, 2.45) is 0 Å². The highest BCUT2D eigenvalue weighted by molar-refractivity contribution is 9.10. The number of benzene rings is 2. The zero-order valence-electron chi connectivity index (χ0n) is 11.5. The van der Waals surface area contributed by atoms with E-state index < -0.39 is 0 Å². The van der Waals surface area contributed by atoms with Crippen LogP contribution in [0.3, 0.4) is 0 Å². The molecule has 1 unspecified atom stereocenters. The van der Waals surface area contributed by atoms with Crippen molar-refractivity contribution in [1.29, 1.82) is 0 Å². The molecule has 0 heterocycles. The molecule has 0 fully saturated rings. The van der Waals surface area contributed by atoms with Crippen molar-refractivity contribution in [1.82, 2.24) is 5.32 Å². The second-order valence-electron chi connectivity index (χ2n) is 4.63. The fourth-order valence-electron chi connectivity index (χ4n) is 1.95. The second-order valence-corrected chi connectivity index (χ2v) is 5.48. The van der Waals surface area contributed by atoms with Gasteiger partial charge < -0.3 is 10.1 Å². The molecule has 0 radical (unpaired) electrons. The normalized spacial score (nSPS) is 12.2. The Hall–Kier alpha value is -1.39. The highest BCUT2D eigenvalue weighted by atomic mass is 79.9. The molecule has 2 aromatic rings. The molecule has 0 saturated carbocycles. The van der Waals surface area contributed by atoms with E-state index >= 15 is 0 Å². The molecule has 106 valence electrons. The van der Waals surface area contributed by atoms with E-state index in [-0.39, 0.29) is 11.9 Å². The maximum Gasteiger partial charge on any atom is 0.137 e. The molecule has 0 aromatic heterocycles. The van der Waals surface area contributed by atoms with Crippen LogP contribution in [0.4, 0.5) is 4.39 Å². The minimum absolute atomic E-state index is 0.164. The zero-order valence-corrected chi connectivity index (χ0v) is 13.1. The average molecular weight is 338 g/mol. The summed E-state index contributed by atoms with van der Waals surface area (Å²) >= 11 is 3.15. The molecule has 2 rings (SSSR count). The summed E-state index contributed by atoms with van der Waals surface area (Å²) in [5.41, 5.74) is 2.06. The Kier molecular flexibility index (Phi) is 5.15. The number of rotatable bonds is 5. The number of nitrogens with one attached hydrogen (secondary N) is 1. The van der Waals surface area contributed by atoms with Crippen LogP contribution in [-0.2, 0) is 6.54 Å². The smallest absolute Gasteiger partial charge is 0.137 e. The molecule has 0 spiro atoms. The van der Waals surface area contributed by atoms with Gasteiger partial charge in [-0.2, -0.15) is 0 Å². The first-order chi connectivity index (χ1) is 9.60. The first kappa shape index (κ1) is 15.0. The zero-order chi connectivity index (χ0) is 14.5. The van der Waals surface area contributed by atoms with E-state index in [2.05, 4.69) is 28.2 Å². The lowest BCUT2D eigenvalue weighted by Crippen LogP contribution is -2.18. The van der Waals surface area contributed by atoms with Gasteiger partial charge in [-0.05, 0) is 58.2 Å². The minimum Gasteiger partial charge on any atom is -0.497 e. The molecule has 4 heteroatoms. The largest absolute Gasteiger partial charge is 0.497 e. The lowest BCUT2D eigenvalue weighted by molar-refractivity contribution is 0.413. The average Bonchev–Trinajstić information content (AvgIpc) is 2.48. The number of hydrogen-bond donors (Lipinski definition) is 1. The molecule has 0 aliphatic heterocycles. The summed E-state index contributed by atoms with van der Waals surface area (Å²) in [5.74, 6) is 0.601. The fraction of sp³-hybridized carbons (Fsp3) is 0.250. The third-order valence-electron chi connectivity index (χ3n) is 3.19. The Bertz CT molecular complexity index is 588. The van der Waals surface area contributed by atoms with Crippen molar-refractivity contribution in [3.8, 4) is 5.75 Å². The lowest BCUT2D eigenvalue weighted by atomic mass is 10.1. The molecule has 2 nitrogen and oxygen atoms in total. The number of methoxy groups -OCH3 is 1. The fourth-order valence-corrected chi connectivity index (χ4v) is 2.20. The third kappa shape index (κ3) is 3.81. The topological polar surface area (TPSA) is 21.3 Å². The van der Waals surface area contributed by atoms with Crippen molar-refractivity contribution in [3.63, 3.8) is 0 Å². The van der Waals surface area contributed by atoms with Gasteiger partial charge in [0.05, 0.1) is 11.6 Å². The van der Waals surface area contributed by atoms with Gasteiger partial charge in [0.25, 0.3) is 0 Å². The lowest BCUT2D eigenvalue weighted by Gasteiger charge is -2.15. The quantitative estimate of drug-likeness (QED) is 0.870. The van der Waals surface area contributed by atoms with Crippen molar-refractivity contribution in [3.05, 3.63) is 63.9 Å². The molecule has 0 bridgehead atoms. The van der Waals surface area contributed by atoms with Crippen LogP contribution in [-0.4, -0.2) is 7.11 Å². The molecule has 0 aliphatic carbocycles. The van der Waals surface area contributed by atoms with Crippen LogP contribution < -0.4 is 10.1 Å². The predicted octanol–water partition coefficient (Wildman–Crippen LogP) is 4.45. The Morgan fingerprint density at radius 2 is 2.05 bits per heavy atom. The SMILES string of the molecule is COc1cccc(C(C)NCc2ccc(Br)c(F)c2)c1. The van der Waals surface area contributed by atoms with Gasteiger partial charge in [0.2, 0.25) is 0 Å². The van der Waals surface area contributed by atoms with Gasteiger partial charge in [0.1, 0.15) is 11.6 Å². The van der Waals surface area contributed by atoms with Gasteiger partial charge in [-0.1, -0.05) is 18.2 Å².